The summed E-state index contributed by atoms with van der Waals surface area (Å²) in [6, 6.07) is 7.35. The molecule has 0 aliphatic carbocycles. The Morgan fingerprint density at radius 3 is 2.59 bits per heavy atom. The van der Waals surface area contributed by atoms with Gasteiger partial charge in [-0.05, 0) is 31.2 Å². The Hall–Kier alpha value is -1.99. The molecule has 116 valence electrons. The summed E-state index contributed by atoms with van der Waals surface area (Å²) in [7, 11) is 0. The topological polar surface area (TPSA) is 70.8 Å². The highest BCUT2D eigenvalue weighted by molar-refractivity contribution is 8.01. The number of ether oxygens (including phenoxy) is 1. The predicted octanol–water partition coefficient (Wildman–Crippen LogP) is 4.18. The number of anilines is 2. The van der Waals surface area contributed by atoms with Gasteiger partial charge in [-0.2, -0.15) is 5.26 Å². The average molecular weight is 346 g/mol. The molecule has 0 saturated heterocycles. The third kappa shape index (κ3) is 5.09. The average Bonchev–Trinajstić information content (AvgIpc) is 2.86. The largest absolute Gasteiger partial charge is 0.573 e. The molecule has 0 aliphatic rings. The molecule has 1 N–H and O–H groups in total. The molecular formula is C12H9F3N4OS2. The number of benzene rings is 1. The van der Waals surface area contributed by atoms with E-state index in [1.54, 1.807) is 6.92 Å². The molecule has 5 nitrogen and oxygen atoms in total. The van der Waals surface area contributed by atoms with Crippen molar-refractivity contribution in [1.29, 1.82) is 5.26 Å². The van der Waals surface area contributed by atoms with Crippen LogP contribution in [0, 0.1) is 11.3 Å². The van der Waals surface area contributed by atoms with Gasteiger partial charge in [0.05, 0.1) is 11.3 Å². The van der Waals surface area contributed by atoms with Gasteiger partial charge in [0.1, 0.15) is 5.75 Å². The van der Waals surface area contributed by atoms with Gasteiger partial charge in [0.25, 0.3) is 0 Å². The fourth-order valence-corrected chi connectivity index (χ4v) is 3.15. The van der Waals surface area contributed by atoms with Crippen molar-refractivity contribution in [2.24, 2.45) is 0 Å². The number of halogens is 3. The van der Waals surface area contributed by atoms with Crippen molar-refractivity contribution in [1.82, 2.24) is 10.2 Å². The van der Waals surface area contributed by atoms with Crippen LogP contribution in [0.15, 0.2) is 28.6 Å². The first-order valence-corrected chi connectivity index (χ1v) is 7.58. The molecule has 0 bridgehead atoms. The van der Waals surface area contributed by atoms with E-state index in [0.717, 1.165) is 0 Å². The number of nitrogens with zero attached hydrogens (tertiary/aromatic N) is 3. The summed E-state index contributed by atoms with van der Waals surface area (Å²) in [6.07, 6.45) is -4.71. The molecule has 0 fully saturated rings. The quantitative estimate of drug-likeness (QED) is 0.819. The van der Waals surface area contributed by atoms with Crippen molar-refractivity contribution in [2.75, 3.05) is 5.32 Å². The van der Waals surface area contributed by atoms with Gasteiger partial charge in [-0.25, -0.2) is 0 Å². The van der Waals surface area contributed by atoms with Crippen molar-refractivity contribution in [3.63, 3.8) is 0 Å². The molecule has 1 aromatic heterocycles. The maximum Gasteiger partial charge on any atom is 0.573 e. The zero-order valence-corrected chi connectivity index (χ0v) is 12.7. The van der Waals surface area contributed by atoms with E-state index in [4.69, 9.17) is 5.26 Å². The van der Waals surface area contributed by atoms with Crippen LogP contribution in [-0.2, 0) is 0 Å². The molecule has 0 spiro atoms. The summed E-state index contributed by atoms with van der Waals surface area (Å²) in [4.78, 5) is 0. The molecule has 0 radical (unpaired) electrons. The van der Waals surface area contributed by atoms with Crippen LogP contribution in [0.5, 0.6) is 5.75 Å². The Kier molecular flexibility index (Phi) is 5.10. The molecule has 22 heavy (non-hydrogen) atoms. The summed E-state index contributed by atoms with van der Waals surface area (Å²) in [5.41, 5.74) is 0.551. The van der Waals surface area contributed by atoms with E-state index in [9.17, 15) is 13.2 Å². The van der Waals surface area contributed by atoms with Crippen molar-refractivity contribution in [3.8, 4) is 11.8 Å². The Morgan fingerprint density at radius 1 is 1.32 bits per heavy atom. The van der Waals surface area contributed by atoms with Crippen molar-refractivity contribution in [3.05, 3.63) is 24.3 Å². The van der Waals surface area contributed by atoms with Crippen LogP contribution in [0.25, 0.3) is 0 Å². The molecule has 1 atom stereocenters. The summed E-state index contributed by atoms with van der Waals surface area (Å²) in [6.45, 7) is 1.75. The Balaban J connectivity index is 1.98. The van der Waals surface area contributed by atoms with Crippen LogP contribution in [0.4, 0.5) is 24.0 Å². The second-order valence-electron chi connectivity index (χ2n) is 3.96. The first kappa shape index (κ1) is 16.4. The van der Waals surface area contributed by atoms with Gasteiger partial charge < -0.3 is 10.1 Å². The van der Waals surface area contributed by atoms with Crippen molar-refractivity contribution >= 4 is 33.9 Å². The number of nitriles is 1. The summed E-state index contributed by atoms with van der Waals surface area (Å²) in [5.74, 6) is -0.297. The Labute approximate surface area is 132 Å². The van der Waals surface area contributed by atoms with Gasteiger partial charge in [0, 0.05) is 5.69 Å². The maximum atomic E-state index is 12.0. The highest BCUT2D eigenvalue weighted by atomic mass is 32.2. The van der Waals surface area contributed by atoms with Gasteiger partial charge in [-0.1, -0.05) is 23.1 Å². The van der Waals surface area contributed by atoms with Gasteiger partial charge in [-0.15, -0.1) is 23.4 Å². The molecule has 0 saturated carbocycles. The van der Waals surface area contributed by atoms with E-state index >= 15 is 0 Å². The number of hydrogen-bond donors (Lipinski definition) is 1. The van der Waals surface area contributed by atoms with Gasteiger partial charge in [0.2, 0.25) is 5.13 Å². The lowest BCUT2D eigenvalue weighted by molar-refractivity contribution is -0.274. The number of rotatable bonds is 5. The molecule has 2 aromatic rings. The second-order valence-corrected chi connectivity index (χ2v) is 6.52. The summed E-state index contributed by atoms with van der Waals surface area (Å²) in [5, 5.41) is 19.7. The minimum absolute atomic E-state index is 0.236. The SMILES string of the molecule is CC(C#N)Sc1nnc(Nc2ccc(OC(F)(F)F)cc2)s1. The highest BCUT2D eigenvalue weighted by Gasteiger charge is 2.30. The van der Waals surface area contributed by atoms with E-state index in [1.165, 1.54) is 47.4 Å². The van der Waals surface area contributed by atoms with Crippen LogP contribution in [0.3, 0.4) is 0 Å². The third-order valence-electron chi connectivity index (χ3n) is 2.21. The first-order valence-electron chi connectivity index (χ1n) is 5.88. The molecular weight excluding hydrogens is 337 g/mol. The summed E-state index contributed by atoms with van der Waals surface area (Å²) < 4.78 is 40.5. The Bertz CT molecular complexity index is 666. The van der Waals surface area contributed by atoms with Crippen LogP contribution < -0.4 is 10.1 Å². The molecule has 0 amide bonds. The number of nitrogens with one attached hydrogen (secondary N) is 1. The molecule has 1 heterocycles. The van der Waals surface area contributed by atoms with E-state index in [0.29, 0.717) is 15.2 Å². The van der Waals surface area contributed by atoms with Crippen molar-refractivity contribution in [2.45, 2.75) is 22.9 Å². The molecule has 0 aliphatic heterocycles. The van der Waals surface area contributed by atoms with E-state index in [2.05, 4.69) is 26.3 Å². The second kappa shape index (κ2) is 6.85. The van der Waals surface area contributed by atoms with Gasteiger partial charge in [-0.3, -0.25) is 0 Å². The van der Waals surface area contributed by atoms with Crippen LogP contribution in [0.2, 0.25) is 0 Å². The Morgan fingerprint density at radius 2 is 2.00 bits per heavy atom. The monoisotopic (exact) mass is 346 g/mol. The number of aromatic nitrogens is 2. The number of hydrogen-bond acceptors (Lipinski definition) is 7. The third-order valence-corrected chi connectivity index (χ3v) is 4.12. The molecule has 1 unspecified atom stereocenters. The fraction of sp³-hybridized carbons (Fsp3) is 0.250. The lowest BCUT2D eigenvalue weighted by Gasteiger charge is -2.09. The normalized spacial score (nSPS) is 12.5. The van der Waals surface area contributed by atoms with Gasteiger partial charge >= 0.3 is 6.36 Å². The van der Waals surface area contributed by atoms with Crippen molar-refractivity contribution < 1.29 is 17.9 Å². The minimum Gasteiger partial charge on any atom is -0.406 e. The van der Waals surface area contributed by atoms with E-state index in [1.807, 2.05) is 0 Å². The minimum atomic E-state index is -4.71. The van der Waals surface area contributed by atoms with E-state index in [-0.39, 0.29) is 11.0 Å². The zero-order chi connectivity index (χ0) is 16.2. The highest BCUT2D eigenvalue weighted by Crippen LogP contribution is 2.31. The summed E-state index contributed by atoms with van der Waals surface area (Å²) >= 11 is 2.54. The lowest BCUT2D eigenvalue weighted by Crippen LogP contribution is -2.16. The number of alkyl halides is 3. The first-order chi connectivity index (χ1) is 10.4. The van der Waals surface area contributed by atoms with Gasteiger partial charge in [0.15, 0.2) is 4.34 Å². The predicted molar refractivity (Wildman–Crippen MR) is 77.2 cm³/mol. The lowest BCUT2D eigenvalue weighted by atomic mass is 10.3. The standard InChI is InChI=1S/C12H9F3N4OS2/c1-7(6-16)21-11-19-18-10(22-11)17-8-2-4-9(5-3-8)20-12(13,14)15/h2-5,7H,1H3,(H,17,18). The molecule has 2 rings (SSSR count). The van der Waals surface area contributed by atoms with Crippen LogP contribution in [0.1, 0.15) is 6.92 Å². The number of thioether (sulfide) groups is 1. The molecule has 10 heteroatoms. The fourth-order valence-electron chi connectivity index (χ4n) is 1.35. The smallest absolute Gasteiger partial charge is 0.406 e. The van der Waals surface area contributed by atoms with Crippen LogP contribution >= 0.6 is 23.1 Å². The van der Waals surface area contributed by atoms with Crippen LogP contribution in [-0.4, -0.2) is 21.8 Å². The molecule has 1 aromatic carbocycles. The maximum absolute atomic E-state index is 12.0. The zero-order valence-electron chi connectivity index (χ0n) is 11.1. The van der Waals surface area contributed by atoms with E-state index < -0.39 is 6.36 Å².